The highest BCUT2D eigenvalue weighted by Gasteiger charge is 2.43. The van der Waals surface area contributed by atoms with E-state index in [0.717, 1.165) is 5.03 Å². The average Bonchev–Trinajstić information content (AvgIpc) is 3.08. The van der Waals surface area contributed by atoms with Crippen molar-refractivity contribution in [2.75, 3.05) is 6.26 Å². The van der Waals surface area contributed by atoms with Gasteiger partial charge in [-0.1, -0.05) is 0 Å². The molecule has 0 bridgehead atoms. The van der Waals surface area contributed by atoms with E-state index in [0.29, 0.717) is 17.6 Å². The predicted molar refractivity (Wildman–Crippen MR) is 77.9 cm³/mol. The zero-order valence-corrected chi connectivity index (χ0v) is 12.6. The Morgan fingerprint density at radius 2 is 2.18 bits per heavy atom. The molecule has 22 heavy (non-hydrogen) atoms. The van der Waals surface area contributed by atoms with Crippen molar-refractivity contribution in [1.82, 2.24) is 19.5 Å². The van der Waals surface area contributed by atoms with E-state index in [4.69, 9.17) is 10.00 Å². The van der Waals surface area contributed by atoms with Crippen LogP contribution in [0.4, 0.5) is 0 Å². The van der Waals surface area contributed by atoms with Gasteiger partial charge in [-0.15, -0.1) is 11.8 Å². The Kier molecular flexibility index (Phi) is 4.26. The average molecular weight is 321 g/mol. The smallest absolute Gasteiger partial charge is 0.166 e. The Balaban J connectivity index is 1.93. The lowest BCUT2D eigenvalue weighted by atomic mass is 10.1. The molecule has 0 aromatic carbocycles. The van der Waals surface area contributed by atoms with Crippen LogP contribution in [0.5, 0.6) is 0 Å². The Labute approximate surface area is 130 Å². The fourth-order valence-corrected chi connectivity index (χ4v) is 3.06. The monoisotopic (exact) mass is 321 g/mol. The number of aliphatic hydroxyl groups excluding tert-OH is 2. The summed E-state index contributed by atoms with van der Waals surface area (Å²) in [6.07, 6.45) is 1.94. The van der Waals surface area contributed by atoms with Crippen molar-refractivity contribution in [2.45, 2.75) is 42.4 Å². The number of hydrogen-bond acceptors (Lipinski definition) is 8. The molecular formula is C13H15N5O3S. The molecule has 0 unspecified atom stereocenters. The van der Waals surface area contributed by atoms with Crippen LogP contribution in [0.15, 0.2) is 17.7 Å². The molecule has 0 aliphatic carbocycles. The molecule has 3 heterocycles. The van der Waals surface area contributed by atoms with Crippen LogP contribution in [0.25, 0.3) is 11.2 Å². The fraction of sp³-hybridized carbons (Fsp3) is 0.538. The molecule has 0 amide bonds. The van der Waals surface area contributed by atoms with Crippen LogP contribution in [0.2, 0.25) is 0 Å². The Bertz CT molecular complexity index is 715. The van der Waals surface area contributed by atoms with Crippen molar-refractivity contribution in [3.8, 4) is 6.07 Å². The molecule has 1 aliphatic rings. The van der Waals surface area contributed by atoms with Gasteiger partial charge in [-0.25, -0.2) is 15.0 Å². The second-order valence-corrected chi connectivity index (χ2v) is 5.75. The van der Waals surface area contributed by atoms with Gasteiger partial charge in [0.15, 0.2) is 11.9 Å². The van der Waals surface area contributed by atoms with Crippen LogP contribution in [-0.2, 0) is 4.74 Å². The van der Waals surface area contributed by atoms with Gasteiger partial charge < -0.3 is 14.9 Å². The summed E-state index contributed by atoms with van der Waals surface area (Å²) in [7, 11) is 0. The highest BCUT2D eigenvalue weighted by molar-refractivity contribution is 7.98. The molecule has 1 saturated heterocycles. The van der Waals surface area contributed by atoms with Gasteiger partial charge in [0.25, 0.3) is 0 Å². The maximum Gasteiger partial charge on any atom is 0.166 e. The Hall–Kier alpha value is -1.73. The first-order chi connectivity index (χ1) is 10.7. The minimum atomic E-state index is -1.10. The maximum absolute atomic E-state index is 10.2. The Morgan fingerprint density at radius 3 is 2.91 bits per heavy atom. The molecular weight excluding hydrogens is 306 g/mol. The van der Waals surface area contributed by atoms with Crippen LogP contribution in [0.3, 0.4) is 0 Å². The number of rotatable bonds is 4. The van der Waals surface area contributed by atoms with E-state index in [1.807, 2.05) is 12.3 Å². The first-order valence-corrected chi connectivity index (χ1v) is 8.00. The molecule has 2 aromatic rings. The van der Waals surface area contributed by atoms with Crippen LogP contribution < -0.4 is 0 Å². The number of imidazole rings is 1. The van der Waals surface area contributed by atoms with Gasteiger partial charge in [0, 0.05) is 6.42 Å². The number of aliphatic hydroxyl groups is 2. The van der Waals surface area contributed by atoms with E-state index in [2.05, 4.69) is 15.0 Å². The van der Waals surface area contributed by atoms with Crippen LogP contribution in [-0.4, -0.2) is 54.3 Å². The second-order valence-electron chi connectivity index (χ2n) is 4.95. The molecule has 1 aliphatic heterocycles. The van der Waals surface area contributed by atoms with Gasteiger partial charge in [0.2, 0.25) is 0 Å². The number of ether oxygens (including phenoxy) is 1. The summed E-state index contributed by atoms with van der Waals surface area (Å²) in [5.74, 6) is 0. The number of thioether (sulfide) groups is 1. The van der Waals surface area contributed by atoms with Crippen LogP contribution in [0.1, 0.15) is 19.1 Å². The molecule has 3 rings (SSSR count). The summed E-state index contributed by atoms with van der Waals surface area (Å²) in [4.78, 5) is 12.6. The molecule has 0 spiro atoms. The van der Waals surface area contributed by atoms with E-state index < -0.39 is 24.5 Å². The number of fused-ring (bicyclic) bond motifs is 1. The third-order valence-electron chi connectivity index (χ3n) is 3.67. The summed E-state index contributed by atoms with van der Waals surface area (Å²) in [6.45, 7) is 0. The molecule has 9 heteroatoms. The minimum Gasteiger partial charge on any atom is -0.388 e. The summed E-state index contributed by atoms with van der Waals surface area (Å²) >= 11 is 1.45. The summed E-state index contributed by atoms with van der Waals surface area (Å²) in [5.41, 5.74) is 1.16. The van der Waals surface area contributed by atoms with E-state index in [-0.39, 0.29) is 6.42 Å². The third kappa shape index (κ3) is 2.44. The van der Waals surface area contributed by atoms with Gasteiger partial charge in [-0.3, -0.25) is 4.57 Å². The van der Waals surface area contributed by atoms with Gasteiger partial charge in [-0.05, 0) is 12.7 Å². The van der Waals surface area contributed by atoms with Gasteiger partial charge >= 0.3 is 0 Å². The molecule has 2 aromatic heterocycles. The second kappa shape index (κ2) is 6.18. The molecule has 0 radical (unpaired) electrons. The normalized spacial score (nSPS) is 28.1. The zero-order chi connectivity index (χ0) is 15.7. The number of aromatic nitrogens is 4. The maximum atomic E-state index is 10.2. The highest BCUT2D eigenvalue weighted by Crippen LogP contribution is 2.34. The van der Waals surface area contributed by atoms with Crippen molar-refractivity contribution in [3.05, 3.63) is 12.7 Å². The zero-order valence-electron chi connectivity index (χ0n) is 11.8. The standard InChI is InChI=1S/C13H15N5O3S/c1-22-12-8-11(15-5-16-12)18(6-17-8)13-10(20)9(19)7(21-13)3-2-4-14/h5-7,9-10,13,19-20H,2-3H2,1H3/t7-,9-,10-,13-/m1/s1. The van der Waals surface area contributed by atoms with E-state index >= 15 is 0 Å². The lowest BCUT2D eigenvalue weighted by Crippen LogP contribution is -2.31. The first-order valence-electron chi connectivity index (χ1n) is 6.77. The topological polar surface area (TPSA) is 117 Å². The summed E-state index contributed by atoms with van der Waals surface area (Å²) in [6, 6.07) is 2.01. The van der Waals surface area contributed by atoms with Crippen molar-refractivity contribution in [2.24, 2.45) is 0 Å². The number of hydrogen-bond donors (Lipinski definition) is 2. The minimum absolute atomic E-state index is 0.255. The molecule has 1 fully saturated rings. The fourth-order valence-electron chi connectivity index (χ4n) is 2.57. The quantitative estimate of drug-likeness (QED) is 0.616. The van der Waals surface area contributed by atoms with E-state index in [1.165, 1.54) is 24.4 Å². The largest absolute Gasteiger partial charge is 0.388 e. The van der Waals surface area contributed by atoms with Gasteiger partial charge in [0.05, 0.1) is 18.5 Å². The summed E-state index contributed by atoms with van der Waals surface area (Å²) < 4.78 is 7.31. The van der Waals surface area contributed by atoms with Crippen LogP contribution in [0, 0.1) is 11.3 Å². The van der Waals surface area contributed by atoms with Crippen molar-refractivity contribution >= 4 is 22.9 Å². The SMILES string of the molecule is CSc1ncnc2c1ncn2[C@@H]1O[C@H](CCC#N)[C@@H](O)[C@H]1O. The number of nitrogens with zero attached hydrogens (tertiary/aromatic N) is 5. The van der Waals surface area contributed by atoms with Crippen molar-refractivity contribution in [3.63, 3.8) is 0 Å². The lowest BCUT2D eigenvalue weighted by molar-refractivity contribution is -0.0365. The lowest BCUT2D eigenvalue weighted by Gasteiger charge is -2.16. The van der Waals surface area contributed by atoms with Gasteiger partial charge in [-0.2, -0.15) is 5.26 Å². The molecule has 8 nitrogen and oxygen atoms in total. The van der Waals surface area contributed by atoms with Crippen molar-refractivity contribution in [1.29, 1.82) is 5.26 Å². The molecule has 0 saturated carbocycles. The molecule has 4 atom stereocenters. The Morgan fingerprint density at radius 1 is 1.36 bits per heavy atom. The van der Waals surface area contributed by atoms with Gasteiger partial charge in [0.1, 0.15) is 29.1 Å². The molecule has 116 valence electrons. The summed E-state index contributed by atoms with van der Waals surface area (Å²) in [5, 5.41) is 29.7. The van der Waals surface area contributed by atoms with Crippen molar-refractivity contribution < 1.29 is 14.9 Å². The third-order valence-corrected chi connectivity index (χ3v) is 4.36. The van der Waals surface area contributed by atoms with E-state index in [1.54, 1.807) is 4.57 Å². The van der Waals surface area contributed by atoms with Crippen LogP contribution >= 0.6 is 11.8 Å². The highest BCUT2D eigenvalue weighted by atomic mass is 32.2. The molecule has 2 N–H and O–H groups in total. The van der Waals surface area contributed by atoms with E-state index in [9.17, 15) is 10.2 Å². The predicted octanol–water partition coefficient (Wildman–Crippen LogP) is 0.471. The number of nitriles is 1. The first kappa shape index (κ1) is 15.2.